The summed E-state index contributed by atoms with van der Waals surface area (Å²) < 4.78 is 10.4. The molecule has 4 nitrogen and oxygen atoms in total. The summed E-state index contributed by atoms with van der Waals surface area (Å²) in [5.74, 6) is 0. The van der Waals surface area contributed by atoms with Crippen LogP contribution in [0.3, 0.4) is 0 Å². The molecule has 0 aromatic heterocycles. The number of hydrogen-bond acceptors (Lipinski definition) is 4. The number of nitrogens with zero attached hydrogens (tertiary/aromatic N) is 1. The van der Waals surface area contributed by atoms with Crippen molar-refractivity contribution in [3.63, 3.8) is 0 Å². The molecule has 0 radical (unpaired) electrons. The molecule has 1 fully saturated rings. The van der Waals surface area contributed by atoms with E-state index in [4.69, 9.17) is 9.47 Å². The molecule has 90 valence electrons. The van der Waals surface area contributed by atoms with E-state index < -0.39 is 0 Å². The maximum absolute atomic E-state index is 5.41. The minimum atomic E-state index is 0.852. The first-order valence-electron chi connectivity index (χ1n) is 5.93. The smallest absolute Gasteiger partial charge is 0.0593 e. The van der Waals surface area contributed by atoms with Gasteiger partial charge in [-0.25, -0.2) is 0 Å². The minimum Gasteiger partial charge on any atom is -0.385 e. The summed E-state index contributed by atoms with van der Waals surface area (Å²) in [6.45, 7) is 8.20. The summed E-state index contributed by atoms with van der Waals surface area (Å²) in [6.07, 6.45) is 2.27. The number of rotatable bonds is 7. The lowest BCUT2D eigenvalue weighted by Crippen LogP contribution is -2.34. The predicted octanol–water partition coefficient (Wildman–Crippen LogP) is 0.335. The molecule has 0 aromatic rings. The zero-order chi connectivity index (χ0) is 10.8. The van der Waals surface area contributed by atoms with Crippen LogP contribution in [0.2, 0.25) is 0 Å². The van der Waals surface area contributed by atoms with Crippen LogP contribution in [0.15, 0.2) is 0 Å². The lowest BCUT2D eigenvalue weighted by atomic mass is 10.4. The van der Waals surface area contributed by atoms with E-state index in [1.807, 2.05) is 0 Å². The molecule has 1 N–H and O–H groups in total. The third-order valence-electron chi connectivity index (χ3n) is 2.62. The minimum absolute atomic E-state index is 0.852. The summed E-state index contributed by atoms with van der Waals surface area (Å²) >= 11 is 0. The van der Waals surface area contributed by atoms with Crippen LogP contribution in [0.5, 0.6) is 0 Å². The topological polar surface area (TPSA) is 33.7 Å². The largest absolute Gasteiger partial charge is 0.385 e. The lowest BCUT2D eigenvalue weighted by molar-refractivity contribution is 0.141. The zero-order valence-corrected chi connectivity index (χ0v) is 9.83. The van der Waals surface area contributed by atoms with E-state index >= 15 is 0 Å². The van der Waals surface area contributed by atoms with E-state index in [0.717, 1.165) is 52.4 Å². The number of hydrogen-bond donors (Lipinski definition) is 1. The quantitative estimate of drug-likeness (QED) is 0.622. The molecular formula is C11H24N2O2. The van der Waals surface area contributed by atoms with Gasteiger partial charge in [0.25, 0.3) is 0 Å². The summed E-state index contributed by atoms with van der Waals surface area (Å²) in [4.78, 5) is 2.47. The molecule has 1 heterocycles. The van der Waals surface area contributed by atoms with E-state index in [0.29, 0.717) is 0 Å². The first-order valence-corrected chi connectivity index (χ1v) is 5.93. The first kappa shape index (κ1) is 12.9. The fraction of sp³-hybridized carbons (Fsp3) is 1.00. The molecule has 15 heavy (non-hydrogen) atoms. The van der Waals surface area contributed by atoms with E-state index in [1.54, 1.807) is 7.11 Å². The highest BCUT2D eigenvalue weighted by Gasteiger charge is 2.07. The molecule has 0 unspecified atom stereocenters. The third kappa shape index (κ3) is 6.84. The summed E-state index contributed by atoms with van der Waals surface area (Å²) in [5, 5.41) is 3.43. The lowest BCUT2D eigenvalue weighted by Gasteiger charge is -2.18. The monoisotopic (exact) mass is 216 g/mol. The van der Waals surface area contributed by atoms with Crippen LogP contribution >= 0.6 is 0 Å². The second kappa shape index (κ2) is 9.09. The van der Waals surface area contributed by atoms with Gasteiger partial charge in [0.05, 0.1) is 6.61 Å². The van der Waals surface area contributed by atoms with E-state index in [2.05, 4.69) is 10.2 Å². The molecule has 1 rings (SSSR count). The van der Waals surface area contributed by atoms with Crippen LogP contribution in [0.4, 0.5) is 0 Å². The Labute approximate surface area is 92.9 Å². The first-order chi connectivity index (χ1) is 7.43. The van der Waals surface area contributed by atoms with Crippen molar-refractivity contribution in [2.24, 2.45) is 0 Å². The molecule has 0 bridgehead atoms. The van der Waals surface area contributed by atoms with Crippen molar-refractivity contribution < 1.29 is 9.47 Å². The summed E-state index contributed by atoms with van der Waals surface area (Å²) in [5.41, 5.74) is 0. The molecular weight excluding hydrogens is 192 g/mol. The standard InChI is InChI=1S/C11H24N2O2/c1-14-9-2-4-12-5-7-13-6-3-10-15-11-8-13/h12H,2-11H2,1H3. The highest BCUT2D eigenvalue weighted by atomic mass is 16.5. The highest BCUT2D eigenvalue weighted by molar-refractivity contribution is 4.62. The van der Waals surface area contributed by atoms with Crippen LogP contribution in [0.1, 0.15) is 12.8 Å². The Bertz CT molecular complexity index is 137. The van der Waals surface area contributed by atoms with Crippen molar-refractivity contribution in [2.75, 3.05) is 59.7 Å². The Morgan fingerprint density at radius 3 is 3.07 bits per heavy atom. The van der Waals surface area contributed by atoms with Crippen LogP contribution in [0.25, 0.3) is 0 Å². The van der Waals surface area contributed by atoms with Gasteiger partial charge in [-0.2, -0.15) is 0 Å². The zero-order valence-electron chi connectivity index (χ0n) is 9.83. The van der Waals surface area contributed by atoms with E-state index in [1.165, 1.54) is 13.0 Å². The molecule has 0 aromatic carbocycles. The molecule has 0 saturated carbocycles. The maximum atomic E-state index is 5.41. The van der Waals surface area contributed by atoms with Crippen molar-refractivity contribution in [1.82, 2.24) is 10.2 Å². The van der Waals surface area contributed by atoms with Gasteiger partial charge in [-0.05, 0) is 19.4 Å². The van der Waals surface area contributed by atoms with E-state index in [9.17, 15) is 0 Å². The van der Waals surface area contributed by atoms with Crippen LogP contribution in [-0.4, -0.2) is 64.6 Å². The Kier molecular flexibility index (Phi) is 7.83. The Morgan fingerprint density at radius 1 is 1.27 bits per heavy atom. The van der Waals surface area contributed by atoms with Gasteiger partial charge in [-0.15, -0.1) is 0 Å². The SMILES string of the molecule is COCCCNCCN1CCCOCC1. The van der Waals surface area contributed by atoms with Gasteiger partial charge < -0.3 is 14.8 Å². The third-order valence-corrected chi connectivity index (χ3v) is 2.62. The molecule has 1 saturated heterocycles. The summed E-state index contributed by atoms with van der Waals surface area (Å²) in [7, 11) is 1.75. The van der Waals surface area contributed by atoms with Crippen molar-refractivity contribution in [3.05, 3.63) is 0 Å². The highest BCUT2D eigenvalue weighted by Crippen LogP contribution is 1.97. The van der Waals surface area contributed by atoms with Crippen LogP contribution in [-0.2, 0) is 9.47 Å². The van der Waals surface area contributed by atoms with Gasteiger partial charge in [0.15, 0.2) is 0 Å². The number of ether oxygens (including phenoxy) is 2. The number of nitrogens with one attached hydrogen (secondary N) is 1. The van der Waals surface area contributed by atoms with Crippen molar-refractivity contribution in [3.8, 4) is 0 Å². The second-order valence-electron chi connectivity index (χ2n) is 3.90. The van der Waals surface area contributed by atoms with Gasteiger partial charge in [0.1, 0.15) is 0 Å². The average molecular weight is 216 g/mol. The average Bonchev–Trinajstić information content (AvgIpc) is 2.52. The van der Waals surface area contributed by atoms with Crippen molar-refractivity contribution in [2.45, 2.75) is 12.8 Å². The Hall–Kier alpha value is -0.160. The molecule has 0 aliphatic carbocycles. The van der Waals surface area contributed by atoms with Gasteiger partial charge >= 0.3 is 0 Å². The van der Waals surface area contributed by atoms with Crippen LogP contribution in [0, 0.1) is 0 Å². The molecule has 0 spiro atoms. The Balaban J connectivity index is 1.89. The molecule has 0 atom stereocenters. The van der Waals surface area contributed by atoms with Gasteiger partial charge in [0, 0.05) is 46.5 Å². The predicted molar refractivity (Wildman–Crippen MR) is 61.2 cm³/mol. The van der Waals surface area contributed by atoms with Crippen LogP contribution < -0.4 is 5.32 Å². The Morgan fingerprint density at radius 2 is 2.20 bits per heavy atom. The van der Waals surface area contributed by atoms with Gasteiger partial charge in [-0.3, -0.25) is 4.90 Å². The molecule has 0 amide bonds. The molecule has 4 heteroatoms. The second-order valence-corrected chi connectivity index (χ2v) is 3.90. The van der Waals surface area contributed by atoms with E-state index in [-0.39, 0.29) is 0 Å². The fourth-order valence-corrected chi connectivity index (χ4v) is 1.73. The molecule has 1 aliphatic heterocycles. The van der Waals surface area contributed by atoms with Gasteiger partial charge in [0.2, 0.25) is 0 Å². The van der Waals surface area contributed by atoms with Crippen molar-refractivity contribution >= 4 is 0 Å². The summed E-state index contributed by atoms with van der Waals surface area (Å²) in [6, 6.07) is 0. The maximum Gasteiger partial charge on any atom is 0.0593 e. The number of methoxy groups -OCH3 is 1. The fourth-order valence-electron chi connectivity index (χ4n) is 1.73. The molecule has 1 aliphatic rings. The van der Waals surface area contributed by atoms with Gasteiger partial charge in [-0.1, -0.05) is 0 Å². The normalized spacial score (nSPS) is 19.0. The van der Waals surface area contributed by atoms with Crippen molar-refractivity contribution in [1.29, 1.82) is 0 Å².